The predicted octanol–water partition coefficient (Wildman–Crippen LogP) is 1.18. The molecule has 0 saturated heterocycles. The fourth-order valence-corrected chi connectivity index (χ4v) is 3.26. The van der Waals surface area contributed by atoms with Crippen LogP contribution in [0.5, 0.6) is 0 Å². The number of carbonyl (C=O) groups is 1. The third-order valence-electron chi connectivity index (χ3n) is 4.53. The van der Waals surface area contributed by atoms with E-state index in [4.69, 9.17) is 4.42 Å². The SMILES string of the molecule is Cc1cc(C(C)(O)CNC(=O)NCCc2nnc3n2CCC3)c(C)o1. The van der Waals surface area contributed by atoms with E-state index in [1.807, 2.05) is 6.92 Å². The Labute approximate surface area is 146 Å². The monoisotopic (exact) mass is 347 g/mol. The van der Waals surface area contributed by atoms with Crippen molar-refractivity contribution < 1.29 is 14.3 Å². The molecule has 0 saturated carbocycles. The molecule has 0 radical (unpaired) electrons. The molecular weight excluding hydrogens is 322 g/mol. The van der Waals surface area contributed by atoms with Crippen molar-refractivity contribution in [1.29, 1.82) is 0 Å². The molecule has 3 N–H and O–H groups in total. The Morgan fingerprint density at radius 3 is 2.92 bits per heavy atom. The molecule has 0 aromatic carbocycles. The highest BCUT2D eigenvalue weighted by Gasteiger charge is 2.28. The van der Waals surface area contributed by atoms with E-state index in [0.717, 1.165) is 36.8 Å². The van der Waals surface area contributed by atoms with Gasteiger partial charge in [-0.2, -0.15) is 0 Å². The summed E-state index contributed by atoms with van der Waals surface area (Å²) in [6.07, 6.45) is 2.72. The molecule has 2 aromatic rings. The minimum Gasteiger partial charge on any atom is -0.466 e. The maximum Gasteiger partial charge on any atom is 0.314 e. The zero-order valence-corrected chi connectivity index (χ0v) is 14.9. The van der Waals surface area contributed by atoms with Gasteiger partial charge >= 0.3 is 6.03 Å². The summed E-state index contributed by atoms with van der Waals surface area (Å²) in [5, 5.41) is 24.4. The first kappa shape index (κ1) is 17.5. The van der Waals surface area contributed by atoms with Gasteiger partial charge in [-0.25, -0.2) is 4.79 Å². The molecule has 136 valence electrons. The van der Waals surface area contributed by atoms with Crippen LogP contribution in [0.2, 0.25) is 0 Å². The van der Waals surface area contributed by atoms with Crippen LogP contribution in [0.3, 0.4) is 0 Å². The molecule has 0 aliphatic carbocycles. The lowest BCUT2D eigenvalue weighted by molar-refractivity contribution is 0.0579. The normalized spacial score (nSPS) is 15.7. The molecule has 2 aromatic heterocycles. The van der Waals surface area contributed by atoms with Crippen LogP contribution in [-0.4, -0.2) is 39.0 Å². The van der Waals surface area contributed by atoms with Gasteiger partial charge < -0.3 is 24.7 Å². The van der Waals surface area contributed by atoms with Crippen LogP contribution in [0.25, 0.3) is 0 Å². The van der Waals surface area contributed by atoms with Gasteiger partial charge in [0, 0.05) is 31.5 Å². The maximum absolute atomic E-state index is 12.0. The summed E-state index contributed by atoms with van der Waals surface area (Å²) in [4.78, 5) is 12.0. The molecule has 1 unspecified atom stereocenters. The van der Waals surface area contributed by atoms with Gasteiger partial charge in [0.2, 0.25) is 0 Å². The number of aliphatic hydroxyl groups is 1. The summed E-state index contributed by atoms with van der Waals surface area (Å²) in [7, 11) is 0. The minimum absolute atomic E-state index is 0.0962. The number of nitrogens with zero attached hydrogens (tertiary/aromatic N) is 3. The molecule has 1 aliphatic rings. The zero-order valence-electron chi connectivity index (χ0n) is 14.9. The third kappa shape index (κ3) is 3.84. The molecular formula is C17H25N5O3. The summed E-state index contributed by atoms with van der Waals surface area (Å²) < 4.78 is 7.57. The lowest BCUT2D eigenvalue weighted by Gasteiger charge is -2.23. The Morgan fingerprint density at radius 1 is 1.40 bits per heavy atom. The number of amides is 2. The van der Waals surface area contributed by atoms with Crippen LogP contribution in [0.1, 0.15) is 42.1 Å². The number of rotatable bonds is 6. The van der Waals surface area contributed by atoms with E-state index in [9.17, 15) is 9.90 Å². The van der Waals surface area contributed by atoms with Crippen LogP contribution in [0.15, 0.2) is 10.5 Å². The predicted molar refractivity (Wildman–Crippen MR) is 91.2 cm³/mol. The van der Waals surface area contributed by atoms with Crippen LogP contribution >= 0.6 is 0 Å². The quantitative estimate of drug-likeness (QED) is 0.728. The highest BCUT2D eigenvalue weighted by molar-refractivity contribution is 5.73. The van der Waals surface area contributed by atoms with Gasteiger partial charge in [0.05, 0.1) is 6.54 Å². The number of urea groups is 1. The number of aromatic nitrogens is 3. The van der Waals surface area contributed by atoms with Gasteiger partial charge in [0.1, 0.15) is 28.8 Å². The van der Waals surface area contributed by atoms with E-state index in [2.05, 4.69) is 25.4 Å². The fraction of sp³-hybridized carbons (Fsp3) is 0.588. The van der Waals surface area contributed by atoms with Crippen molar-refractivity contribution in [1.82, 2.24) is 25.4 Å². The van der Waals surface area contributed by atoms with Crippen molar-refractivity contribution in [2.45, 2.75) is 52.2 Å². The summed E-state index contributed by atoms with van der Waals surface area (Å²) in [5.74, 6) is 3.33. The first-order valence-corrected chi connectivity index (χ1v) is 8.59. The molecule has 8 nitrogen and oxygen atoms in total. The van der Waals surface area contributed by atoms with Crippen molar-refractivity contribution in [3.63, 3.8) is 0 Å². The molecule has 25 heavy (non-hydrogen) atoms. The van der Waals surface area contributed by atoms with Crippen LogP contribution in [0, 0.1) is 13.8 Å². The molecule has 3 heterocycles. The second-order valence-corrected chi connectivity index (χ2v) is 6.75. The van der Waals surface area contributed by atoms with Gasteiger partial charge in [0.15, 0.2) is 0 Å². The van der Waals surface area contributed by atoms with Gasteiger partial charge in [-0.15, -0.1) is 10.2 Å². The second kappa shape index (κ2) is 6.87. The van der Waals surface area contributed by atoms with E-state index >= 15 is 0 Å². The largest absolute Gasteiger partial charge is 0.466 e. The number of fused-ring (bicyclic) bond motifs is 1. The highest BCUT2D eigenvalue weighted by atomic mass is 16.3. The van der Waals surface area contributed by atoms with Crippen LogP contribution < -0.4 is 10.6 Å². The molecule has 1 aliphatic heterocycles. The van der Waals surface area contributed by atoms with Crippen molar-refractivity contribution in [2.24, 2.45) is 0 Å². The zero-order chi connectivity index (χ0) is 18.0. The van der Waals surface area contributed by atoms with Crippen molar-refractivity contribution in [3.05, 3.63) is 34.8 Å². The summed E-state index contributed by atoms with van der Waals surface area (Å²) in [5.41, 5.74) is -0.503. The summed E-state index contributed by atoms with van der Waals surface area (Å²) >= 11 is 0. The van der Waals surface area contributed by atoms with E-state index in [-0.39, 0.29) is 12.6 Å². The summed E-state index contributed by atoms with van der Waals surface area (Å²) in [6, 6.07) is 1.47. The van der Waals surface area contributed by atoms with E-state index < -0.39 is 5.60 Å². The van der Waals surface area contributed by atoms with Gasteiger partial charge in [-0.3, -0.25) is 0 Å². The van der Waals surface area contributed by atoms with E-state index in [1.54, 1.807) is 19.9 Å². The topological polar surface area (TPSA) is 105 Å². The van der Waals surface area contributed by atoms with E-state index in [1.165, 1.54) is 0 Å². The van der Waals surface area contributed by atoms with E-state index in [0.29, 0.717) is 24.3 Å². The Balaban J connectivity index is 1.45. The van der Waals surface area contributed by atoms with Crippen LogP contribution in [-0.2, 0) is 25.0 Å². The maximum atomic E-state index is 12.0. The number of furan rings is 1. The first-order valence-electron chi connectivity index (χ1n) is 8.59. The molecule has 0 bridgehead atoms. The second-order valence-electron chi connectivity index (χ2n) is 6.75. The number of hydrogen-bond donors (Lipinski definition) is 3. The molecule has 8 heteroatoms. The molecule has 0 spiro atoms. The Bertz CT molecular complexity index is 762. The Kier molecular flexibility index (Phi) is 4.80. The Hall–Kier alpha value is -2.35. The fourth-order valence-electron chi connectivity index (χ4n) is 3.26. The molecule has 3 rings (SSSR count). The number of carbonyl (C=O) groups excluding carboxylic acids is 1. The lowest BCUT2D eigenvalue weighted by Crippen LogP contribution is -2.44. The van der Waals surface area contributed by atoms with Gasteiger partial charge in [-0.1, -0.05) is 0 Å². The number of nitrogens with one attached hydrogen (secondary N) is 2. The molecule has 0 fully saturated rings. The molecule has 2 amide bonds. The van der Waals surface area contributed by atoms with Crippen LogP contribution in [0.4, 0.5) is 4.79 Å². The average molecular weight is 347 g/mol. The standard InChI is InChI=1S/C17H25N5O3/c1-11-9-13(12(2)25-11)17(3,24)10-19-16(23)18-7-6-15-21-20-14-5-4-8-22(14)15/h9,24H,4-8,10H2,1-3H3,(H2,18,19,23). The number of hydrogen-bond acceptors (Lipinski definition) is 5. The smallest absolute Gasteiger partial charge is 0.314 e. The third-order valence-corrected chi connectivity index (χ3v) is 4.53. The first-order chi connectivity index (χ1) is 11.9. The number of aryl methyl sites for hydroxylation is 3. The highest BCUT2D eigenvalue weighted by Crippen LogP contribution is 2.26. The minimum atomic E-state index is -1.19. The lowest BCUT2D eigenvalue weighted by atomic mass is 9.96. The molecule has 1 atom stereocenters. The van der Waals surface area contributed by atoms with Crippen molar-refractivity contribution in [3.8, 4) is 0 Å². The Morgan fingerprint density at radius 2 is 2.20 bits per heavy atom. The van der Waals surface area contributed by atoms with Gasteiger partial charge in [0.25, 0.3) is 0 Å². The van der Waals surface area contributed by atoms with Crippen molar-refractivity contribution >= 4 is 6.03 Å². The average Bonchev–Trinajstić information content (AvgIpc) is 3.23. The summed E-state index contributed by atoms with van der Waals surface area (Å²) in [6.45, 7) is 6.80. The van der Waals surface area contributed by atoms with Crippen molar-refractivity contribution in [2.75, 3.05) is 13.1 Å². The van der Waals surface area contributed by atoms with Gasteiger partial charge in [-0.05, 0) is 33.3 Å².